The van der Waals surface area contributed by atoms with Crippen molar-refractivity contribution < 1.29 is 24.2 Å². The fourth-order valence-corrected chi connectivity index (χ4v) is 10.9. The van der Waals surface area contributed by atoms with Gasteiger partial charge < -0.3 is 40.3 Å². The first kappa shape index (κ1) is 33.8. The van der Waals surface area contributed by atoms with Crippen LogP contribution in [0.4, 0.5) is 16.2 Å². The van der Waals surface area contributed by atoms with Crippen LogP contribution in [-0.4, -0.2) is 65.4 Å². The van der Waals surface area contributed by atoms with E-state index in [1.807, 2.05) is 66.7 Å². The molecule has 0 aromatic heterocycles. The first-order valence-corrected chi connectivity index (χ1v) is 19.4. The van der Waals surface area contributed by atoms with Crippen molar-refractivity contribution in [2.75, 3.05) is 36.5 Å². The van der Waals surface area contributed by atoms with Crippen LogP contribution in [0.5, 0.6) is 0 Å². The highest BCUT2D eigenvalue weighted by atomic mass is 16.7. The number of aliphatic hydroxyl groups is 1. The number of anilines is 2. The smallest absolute Gasteiger partial charge is 0.319 e. The molecule has 0 unspecified atom stereocenters. The van der Waals surface area contributed by atoms with Crippen LogP contribution >= 0.6 is 0 Å². The lowest BCUT2D eigenvalue weighted by Crippen LogP contribution is -2.60. The Bertz CT molecular complexity index is 1720. The van der Waals surface area contributed by atoms with Gasteiger partial charge in [-0.15, -0.1) is 0 Å². The van der Waals surface area contributed by atoms with E-state index in [0.717, 1.165) is 97.6 Å². The summed E-state index contributed by atoms with van der Waals surface area (Å²) < 4.78 is 13.4. The number of amides is 3. The molecule has 4 N–H and O–H groups in total. The van der Waals surface area contributed by atoms with Crippen molar-refractivity contribution in [1.29, 1.82) is 0 Å². The Hall–Kier alpha value is -3.96. The molecule has 10 nitrogen and oxygen atoms in total. The first-order chi connectivity index (χ1) is 25.3. The minimum absolute atomic E-state index is 0.00737. The molecule has 10 rings (SSSR count). The molecule has 1 spiro atoms. The van der Waals surface area contributed by atoms with Crippen LogP contribution < -0.4 is 20.9 Å². The molecule has 4 bridgehead atoms. The molecular formula is C42H51N5O5. The topological polar surface area (TPSA) is 115 Å². The van der Waals surface area contributed by atoms with Crippen LogP contribution in [-0.2, 0) is 20.9 Å². The molecule has 3 saturated heterocycles. The van der Waals surface area contributed by atoms with E-state index in [-0.39, 0.29) is 36.3 Å². The van der Waals surface area contributed by atoms with Gasteiger partial charge in [0.05, 0.1) is 25.5 Å². The number of carbonyl (C=O) groups excluding carboxylic acids is 2. The Kier molecular flexibility index (Phi) is 8.97. The van der Waals surface area contributed by atoms with Gasteiger partial charge >= 0.3 is 6.03 Å². The van der Waals surface area contributed by atoms with Gasteiger partial charge in [0.1, 0.15) is 5.54 Å². The standard InChI is InChI=1S/C42H51N5O5/c48-26-28-9-11-32(12-10-28)37-21-36(25-46-15-13-42(14-16-46)39(49)43-27-47(42)35-7-2-1-3-8-35)51-38(52-37)33-5-4-6-34(20-33)44-40(50)45-41-22-29-17-30(23-41)19-31(18-29)24-41/h1-12,20,29-31,36-38,48H,13-19,21-27H2,(H,43,49)(H2,44,45,50)/t29?,30?,31?,36-,37+,38+,41?/m1/s1. The summed E-state index contributed by atoms with van der Waals surface area (Å²) in [6.45, 7) is 2.82. The third kappa shape index (κ3) is 6.59. The maximum Gasteiger partial charge on any atom is 0.319 e. The van der Waals surface area contributed by atoms with Crippen LogP contribution in [0.3, 0.4) is 0 Å². The second-order valence-electron chi connectivity index (χ2n) is 16.5. The molecule has 4 saturated carbocycles. The van der Waals surface area contributed by atoms with Gasteiger partial charge in [-0.1, -0.05) is 54.6 Å². The Morgan fingerprint density at radius 1 is 0.846 bits per heavy atom. The van der Waals surface area contributed by atoms with Crippen molar-refractivity contribution in [2.45, 2.75) is 94.0 Å². The number of benzene rings is 3. The van der Waals surface area contributed by atoms with Crippen LogP contribution in [0.1, 0.15) is 86.9 Å². The zero-order chi connectivity index (χ0) is 35.3. The fraction of sp³-hybridized carbons (Fsp3) is 0.524. The van der Waals surface area contributed by atoms with E-state index in [2.05, 4.69) is 37.9 Å². The zero-order valence-electron chi connectivity index (χ0n) is 29.8. The SMILES string of the molecule is O=C(Nc1cccc([C@H]2O[C@@H](CN3CCC4(CC3)C(=O)NCN4c3ccccc3)C[C@@H](c3ccc(CO)cc3)O2)c1)NC12CC3CC(CC(C3)C1)C2. The number of piperidine rings is 1. The Labute approximate surface area is 306 Å². The van der Waals surface area contributed by atoms with Crippen LogP contribution in [0.15, 0.2) is 78.9 Å². The number of para-hydroxylation sites is 1. The molecule has 3 amide bonds. The highest BCUT2D eigenvalue weighted by Gasteiger charge is 2.52. The summed E-state index contributed by atoms with van der Waals surface area (Å²) in [5.41, 5.74) is 3.94. The highest BCUT2D eigenvalue weighted by molar-refractivity contribution is 5.93. The summed E-state index contributed by atoms with van der Waals surface area (Å²) in [5.74, 6) is 2.39. The van der Waals surface area contributed by atoms with Crippen molar-refractivity contribution in [1.82, 2.24) is 15.5 Å². The lowest BCUT2D eigenvalue weighted by molar-refractivity contribution is -0.253. The van der Waals surface area contributed by atoms with Gasteiger partial charge in [-0.2, -0.15) is 0 Å². The molecule has 0 radical (unpaired) electrons. The number of aliphatic hydroxyl groups excluding tert-OH is 1. The zero-order valence-corrected chi connectivity index (χ0v) is 29.8. The lowest BCUT2D eigenvalue weighted by atomic mass is 9.53. The monoisotopic (exact) mass is 705 g/mol. The quantitative estimate of drug-likeness (QED) is 0.219. The van der Waals surface area contributed by atoms with E-state index in [9.17, 15) is 14.7 Å². The number of nitrogens with one attached hydrogen (secondary N) is 3. The normalized spacial score (nSPS) is 32.2. The fourth-order valence-electron chi connectivity index (χ4n) is 10.9. The summed E-state index contributed by atoms with van der Waals surface area (Å²) in [6, 6.07) is 25.9. The van der Waals surface area contributed by atoms with Crippen LogP contribution in [0.2, 0.25) is 0 Å². The third-order valence-electron chi connectivity index (χ3n) is 13.0. The van der Waals surface area contributed by atoms with Crippen molar-refractivity contribution in [2.24, 2.45) is 17.8 Å². The van der Waals surface area contributed by atoms with E-state index in [4.69, 9.17) is 9.47 Å². The van der Waals surface area contributed by atoms with E-state index in [1.165, 1.54) is 19.3 Å². The largest absolute Gasteiger partial charge is 0.392 e. The summed E-state index contributed by atoms with van der Waals surface area (Å²) in [4.78, 5) is 31.4. The van der Waals surface area contributed by atoms with E-state index < -0.39 is 11.8 Å². The van der Waals surface area contributed by atoms with Crippen molar-refractivity contribution in [3.63, 3.8) is 0 Å². The number of hydrogen-bond donors (Lipinski definition) is 4. The van der Waals surface area contributed by atoms with Gasteiger partial charge in [0.15, 0.2) is 6.29 Å². The number of urea groups is 1. The van der Waals surface area contributed by atoms with E-state index >= 15 is 0 Å². The number of nitrogens with zero attached hydrogens (tertiary/aromatic N) is 2. The minimum atomic E-state index is -0.625. The first-order valence-electron chi connectivity index (χ1n) is 19.4. The molecule has 3 aromatic rings. The van der Waals surface area contributed by atoms with Gasteiger partial charge in [-0.3, -0.25) is 4.79 Å². The summed E-state index contributed by atoms with van der Waals surface area (Å²) in [6.07, 6.45) is 8.53. The predicted molar refractivity (Wildman–Crippen MR) is 198 cm³/mol. The Morgan fingerprint density at radius 3 is 2.25 bits per heavy atom. The maximum absolute atomic E-state index is 13.4. The predicted octanol–water partition coefficient (Wildman–Crippen LogP) is 6.24. The molecule has 3 atom stereocenters. The Morgan fingerprint density at radius 2 is 1.56 bits per heavy atom. The van der Waals surface area contributed by atoms with Gasteiger partial charge in [0.2, 0.25) is 5.91 Å². The van der Waals surface area contributed by atoms with Crippen LogP contribution in [0.25, 0.3) is 0 Å². The molecule has 274 valence electrons. The number of hydrogen-bond acceptors (Lipinski definition) is 7. The lowest BCUT2D eigenvalue weighted by Gasteiger charge is -2.56. The van der Waals surface area contributed by atoms with Gasteiger partial charge in [-0.25, -0.2) is 4.79 Å². The molecule has 52 heavy (non-hydrogen) atoms. The minimum Gasteiger partial charge on any atom is -0.392 e. The van der Waals surface area contributed by atoms with E-state index in [1.54, 1.807) is 0 Å². The number of likely N-dealkylation sites (tertiary alicyclic amines) is 1. The summed E-state index contributed by atoms with van der Waals surface area (Å²) >= 11 is 0. The van der Waals surface area contributed by atoms with Gasteiger partial charge in [0.25, 0.3) is 0 Å². The average Bonchev–Trinajstić information content (AvgIpc) is 3.46. The van der Waals surface area contributed by atoms with Gasteiger partial charge in [0, 0.05) is 48.5 Å². The summed E-state index contributed by atoms with van der Waals surface area (Å²) in [7, 11) is 0. The molecule has 7 aliphatic rings. The third-order valence-corrected chi connectivity index (χ3v) is 13.0. The van der Waals surface area contributed by atoms with Crippen molar-refractivity contribution >= 4 is 23.3 Å². The molecule has 10 heteroatoms. The molecule has 3 heterocycles. The molecule has 7 fully saturated rings. The molecule has 3 aliphatic heterocycles. The molecule has 3 aromatic carbocycles. The average molecular weight is 706 g/mol. The second kappa shape index (κ2) is 13.8. The molecule has 4 aliphatic carbocycles. The number of ether oxygens (including phenoxy) is 2. The van der Waals surface area contributed by atoms with Crippen LogP contribution in [0, 0.1) is 17.8 Å². The van der Waals surface area contributed by atoms with Crippen molar-refractivity contribution in [3.05, 3.63) is 95.6 Å². The summed E-state index contributed by atoms with van der Waals surface area (Å²) in [5, 5.41) is 19.3. The highest BCUT2D eigenvalue weighted by Crippen LogP contribution is 2.55. The number of carbonyl (C=O) groups is 2. The van der Waals surface area contributed by atoms with Crippen molar-refractivity contribution in [3.8, 4) is 0 Å². The second-order valence-corrected chi connectivity index (χ2v) is 16.5. The van der Waals surface area contributed by atoms with Gasteiger partial charge in [-0.05, 0) is 105 Å². The maximum atomic E-state index is 13.4. The number of rotatable bonds is 8. The Balaban J connectivity index is 0.891. The molecular weight excluding hydrogens is 654 g/mol. The van der Waals surface area contributed by atoms with E-state index in [0.29, 0.717) is 13.1 Å².